The molecule has 40 heavy (non-hydrogen) atoms. The van der Waals surface area contributed by atoms with Crippen LogP contribution in [0.5, 0.6) is 0 Å². The lowest BCUT2D eigenvalue weighted by molar-refractivity contribution is -0.126. The number of rotatable bonds is 24. The van der Waals surface area contributed by atoms with Gasteiger partial charge < -0.3 is 42.4 Å². The maximum atomic E-state index is 12.4. The van der Waals surface area contributed by atoms with Gasteiger partial charge in [0.2, 0.25) is 5.91 Å². The number of nitrogens with two attached hydrogens (primary N) is 1. The molecule has 0 rings (SSSR count). The summed E-state index contributed by atoms with van der Waals surface area (Å²) >= 11 is 3.92. The largest absolute Gasteiger partial charge is 0.348 e. The molecule has 0 aliphatic rings. The van der Waals surface area contributed by atoms with Crippen LogP contribution in [-0.4, -0.2) is 122 Å². The van der Waals surface area contributed by atoms with Crippen LogP contribution in [-0.2, 0) is 33.6 Å². The zero-order valence-electron chi connectivity index (χ0n) is 23.9. The van der Waals surface area contributed by atoms with Crippen molar-refractivity contribution in [3.8, 4) is 0 Å². The normalized spacial score (nSPS) is 15.7. The number of hydrogen-bond donors (Lipinski definition) is 8. The SMILES string of the molecule is CC(NCC(=O)C(C)NCC(=O)C(C)NCC(=O)C(C)NCC(=O)CN[C@@H](C)C=O)C(=O)CNC(=O)[C@@H](N)CS. The molecule has 0 heterocycles. The molecule has 0 saturated heterocycles. The molecule has 0 spiro atoms. The topological polar surface area (TPSA) is 218 Å². The van der Waals surface area contributed by atoms with E-state index in [9.17, 15) is 33.6 Å². The maximum Gasteiger partial charge on any atom is 0.238 e. The van der Waals surface area contributed by atoms with E-state index in [-0.39, 0.29) is 73.9 Å². The molecular weight excluding hydrogens is 542 g/mol. The van der Waals surface area contributed by atoms with Gasteiger partial charge in [0.15, 0.2) is 28.9 Å². The fourth-order valence-corrected chi connectivity index (χ4v) is 3.04. The van der Waals surface area contributed by atoms with Crippen molar-refractivity contribution in [3.63, 3.8) is 0 Å². The number of thiol groups is 1. The highest BCUT2D eigenvalue weighted by atomic mass is 32.1. The van der Waals surface area contributed by atoms with Gasteiger partial charge in [-0.1, -0.05) is 0 Å². The van der Waals surface area contributed by atoms with Crippen molar-refractivity contribution in [2.75, 3.05) is 45.0 Å². The standard InChI is InChI=1S/C25H45N7O7S/c1-14(12-33)27-6-19(34)7-28-15(2)21(35)8-29-16(3)22(36)9-30-17(4)23(37)10-31-18(5)24(38)11-32-25(39)20(26)13-40/h12,14-18,20,27-31,40H,6-11,13,26H2,1-5H3,(H,32,39)/t14-,15?,16?,17?,18?,20-/m0/s1. The Hall–Kier alpha value is -2.40. The molecule has 0 radical (unpaired) electrons. The fourth-order valence-electron chi connectivity index (χ4n) is 2.87. The van der Waals surface area contributed by atoms with Gasteiger partial charge in [0.1, 0.15) is 6.29 Å². The summed E-state index contributed by atoms with van der Waals surface area (Å²) in [4.78, 5) is 83.3. The molecule has 15 heteroatoms. The highest BCUT2D eigenvalue weighted by Gasteiger charge is 2.21. The third kappa shape index (κ3) is 16.0. The molecule has 228 valence electrons. The van der Waals surface area contributed by atoms with E-state index >= 15 is 0 Å². The second kappa shape index (κ2) is 20.5. The summed E-state index contributed by atoms with van der Waals surface area (Å²) in [6, 6.07) is -3.90. The van der Waals surface area contributed by atoms with Gasteiger partial charge in [-0.3, -0.25) is 28.8 Å². The molecule has 0 aromatic heterocycles. The second-order valence-electron chi connectivity index (χ2n) is 9.63. The van der Waals surface area contributed by atoms with E-state index in [4.69, 9.17) is 5.73 Å². The van der Waals surface area contributed by atoms with Crippen molar-refractivity contribution in [2.45, 2.75) is 70.9 Å². The van der Waals surface area contributed by atoms with Gasteiger partial charge in [-0.25, -0.2) is 0 Å². The van der Waals surface area contributed by atoms with Crippen molar-refractivity contribution < 1.29 is 33.6 Å². The van der Waals surface area contributed by atoms with Crippen molar-refractivity contribution in [2.24, 2.45) is 5.73 Å². The first-order valence-corrected chi connectivity index (χ1v) is 13.8. The Morgan fingerprint density at radius 3 is 1.35 bits per heavy atom. The molecule has 4 unspecified atom stereocenters. The zero-order chi connectivity index (χ0) is 30.8. The average molecular weight is 588 g/mol. The van der Waals surface area contributed by atoms with Crippen LogP contribution < -0.4 is 37.6 Å². The first-order valence-electron chi connectivity index (χ1n) is 13.1. The van der Waals surface area contributed by atoms with Gasteiger partial charge in [-0.2, -0.15) is 12.6 Å². The number of aldehydes is 1. The molecule has 8 N–H and O–H groups in total. The number of carbonyl (C=O) groups excluding carboxylic acids is 7. The highest BCUT2D eigenvalue weighted by Crippen LogP contribution is 1.92. The van der Waals surface area contributed by atoms with Gasteiger partial charge >= 0.3 is 0 Å². The third-order valence-electron chi connectivity index (χ3n) is 6.08. The van der Waals surface area contributed by atoms with Crippen LogP contribution in [0.2, 0.25) is 0 Å². The van der Waals surface area contributed by atoms with Crippen molar-refractivity contribution in [3.05, 3.63) is 0 Å². The van der Waals surface area contributed by atoms with E-state index in [1.54, 1.807) is 34.6 Å². The van der Waals surface area contributed by atoms with Crippen LogP contribution in [0.15, 0.2) is 0 Å². The molecule has 6 atom stereocenters. The summed E-state index contributed by atoms with van der Waals surface area (Å²) in [6.45, 7) is 7.39. The minimum atomic E-state index is -0.815. The summed E-state index contributed by atoms with van der Waals surface area (Å²) < 4.78 is 0. The molecule has 0 saturated carbocycles. The average Bonchev–Trinajstić information content (AvgIpc) is 2.95. The summed E-state index contributed by atoms with van der Waals surface area (Å²) in [5.74, 6) is -1.64. The third-order valence-corrected chi connectivity index (χ3v) is 6.47. The molecule has 0 fully saturated rings. The molecule has 14 nitrogen and oxygen atoms in total. The summed E-state index contributed by atoms with van der Waals surface area (Å²) in [6.07, 6.45) is 0.688. The molecule has 0 aliphatic heterocycles. The smallest absolute Gasteiger partial charge is 0.238 e. The first kappa shape index (κ1) is 37.6. The number of hydrogen-bond acceptors (Lipinski definition) is 14. The number of Topliss-reactive ketones (excluding diaryl/α,β-unsaturated/α-hetero) is 5. The Morgan fingerprint density at radius 1 is 0.625 bits per heavy atom. The van der Waals surface area contributed by atoms with Crippen LogP contribution >= 0.6 is 12.6 Å². The van der Waals surface area contributed by atoms with E-state index in [1.165, 1.54) is 0 Å². The summed E-state index contributed by atoms with van der Waals surface area (Å²) in [5.41, 5.74) is 5.53. The predicted molar refractivity (Wildman–Crippen MR) is 153 cm³/mol. The monoisotopic (exact) mass is 587 g/mol. The van der Waals surface area contributed by atoms with Gasteiger partial charge in [-0.05, 0) is 34.6 Å². The molecule has 0 aliphatic carbocycles. The predicted octanol–water partition coefficient (Wildman–Crippen LogP) is -3.71. The summed E-state index contributed by atoms with van der Waals surface area (Å²) in [5, 5.41) is 16.5. The van der Waals surface area contributed by atoms with Gasteiger partial charge in [0.25, 0.3) is 0 Å². The minimum Gasteiger partial charge on any atom is -0.348 e. The molecule has 0 bridgehead atoms. The molecule has 1 amide bonds. The van der Waals surface area contributed by atoms with E-state index in [1.807, 2.05) is 0 Å². The Labute approximate surface area is 240 Å². The van der Waals surface area contributed by atoms with E-state index in [2.05, 4.69) is 44.5 Å². The van der Waals surface area contributed by atoms with E-state index in [0.29, 0.717) is 6.29 Å². The lowest BCUT2D eigenvalue weighted by Gasteiger charge is -2.18. The van der Waals surface area contributed by atoms with Crippen LogP contribution in [0.1, 0.15) is 34.6 Å². The number of nitrogens with one attached hydrogen (secondary N) is 6. The number of carbonyl (C=O) groups is 7. The molecule has 0 aromatic rings. The van der Waals surface area contributed by atoms with Crippen LogP contribution in [0, 0.1) is 0 Å². The van der Waals surface area contributed by atoms with Gasteiger partial charge in [0.05, 0.1) is 75.5 Å². The second-order valence-corrected chi connectivity index (χ2v) is 9.99. The highest BCUT2D eigenvalue weighted by molar-refractivity contribution is 7.80. The Bertz CT molecular complexity index is 890. The summed E-state index contributed by atoms with van der Waals surface area (Å²) in [7, 11) is 0. The van der Waals surface area contributed by atoms with E-state index < -0.39 is 42.2 Å². The Balaban J connectivity index is 4.30. The van der Waals surface area contributed by atoms with Gasteiger partial charge in [-0.15, -0.1) is 0 Å². The van der Waals surface area contributed by atoms with E-state index in [0.717, 1.165) is 0 Å². The first-order chi connectivity index (χ1) is 18.7. The number of ketones is 5. The lowest BCUT2D eigenvalue weighted by Crippen LogP contribution is -2.50. The minimum absolute atomic E-state index is 0.00492. The van der Waals surface area contributed by atoms with Gasteiger partial charge in [0, 0.05) is 5.75 Å². The Kier molecular flexibility index (Phi) is 19.2. The van der Waals surface area contributed by atoms with Crippen molar-refractivity contribution in [1.82, 2.24) is 31.9 Å². The quantitative estimate of drug-likeness (QED) is 0.0403. The number of amides is 1. The van der Waals surface area contributed by atoms with Crippen LogP contribution in [0.25, 0.3) is 0 Å². The van der Waals surface area contributed by atoms with Crippen LogP contribution in [0.4, 0.5) is 0 Å². The molecular formula is C25H45N7O7S. The van der Waals surface area contributed by atoms with Crippen molar-refractivity contribution >= 4 is 53.7 Å². The van der Waals surface area contributed by atoms with Crippen molar-refractivity contribution in [1.29, 1.82) is 0 Å². The zero-order valence-corrected chi connectivity index (χ0v) is 24.8. The fraction of sp³-hybridized carbons (Fsp3) is 0.720. The Morgan fingerprint density at radius 2 is 0.975 bits per heavy atom. The van der Waals surface area contributed by atoms with Crippen LogP contribution in [0.3, 0.4) is 0 Å². The maximum absolute atomic E-state index is 12.4. The lowest BCUT2D eigenvalue weighted by atomic mass is 10.1. The molecule has 0 aromatic carbocycles.